The predicted molar refractivity (Wildman–Crippen MR) is 124 cm³/mol. The van der Waals surface area contributed by atoms with Crippen molar-refractivity contribution in [3.05, 3.63) is 58.6 Å². The number of benzene rings is 2. The zero-order valence-electron chi connectivity index (χ0n) is 18.0. The van der Waals surface area contributed by atoms with Crippen LogP contribution in [-0.4, -0.2) is 43.3 Å². The molecule has 0 aliphatic carbocycles. The molecule has 9 nitrogen and oxygen atoms in total. The molecule has 32 heavy (non-hydrogen) atoms. The molecule has 0 unspecified atom stereocenters. The molecule has 0 amide bonds. The van der Waals surface area contributed by atoms with Crippen molar-refractivity contribution in [2.75, 3.05) is 23.7 Å². The maximum Gasteiger partial charge on any atom is 0.261 e. The van der Waals surface area contributed by atoms with Gasteiger partial charge in [-0.2, -0.15) is 5.21 Å². The number of fused-ring (bicyclic) bond motifs is 1. The number of nitrogens with one attached hydrogen (secondary N) is 1. The van der Waals surface area contributed by atoms with Gasteiger partial charge in [0.2, 0.25) is 5.82 Å². The topological polar surface area (TPSA) is 119 Å². The minimum Gasteiger partial charge on any atom is -0.399 e. The summed E-state index contributed by atoms with van der Waals surface area (Å²) in [7, 11) is 0. The van der Waals surface area contributed by atoms with Gasteiger partial charge in [0.05, 0.1) is 10.9 Å². The fourth-order valence-electron chi connectivity index (χ4n) is 4.57. The second-order valence-electron chi connectivity index (χ2n) is 8.26. The first-order valence-electron chi connectivity index (χ1n) is 11.0. The van der Waals surface area contributed by atoms with Crippen LogP contribution in [0.15, 0.2) is 47.3 Å². The molecule has 5 rings (SSSR count). The van der Waals surface area contributed by atoms with Crippen LogP contribution < -0.4 is 16.2 Å². The lowest BCUT2D eigenvalue weighted by Gasteiger charge is -2.35. The van der Waals surface area contributed by atoms with Gasteiger partial charge in [0, 0.05) is 43.0 Å². The van der Waals surface area contributed by atoms with E-state index >= 15 is 0 Å². The number of nitrogen functional groups attached to an aromatic ring is 1. The molecule has 3 N–H and O–H groups in total. The van der Waals surface area contributed by atoms with Crippen LogP contribution in [-0.2, 0) is 13.0 Å². The number of aromatic nitrogens is 6. The predicted octanol–water partition coefficient (Wildman–Crippen LogP) is 2.64. The Kier molecular flexibility index (Phi) is 5.30. The van der Waals surface area contributed by atoms with Gasteiger partial charge in [-0.25, -0.2) is 4.98 Å². The third-order valence-corrected chi connectivity index (χ3v) is 6.26. The highest BCUT2D eigenvalue weighted by molar-refractivity contribution is 5.81. The Morgan fingerprint density at radius 1 is 1.16 bits per heavy atom. The van der Waals surface area contributed by atoms with Crippen molar-refractivity contribution in [2.24, 2.45) is 5.92 Å². The lowest BCUT2D eigenvalue weighted by molar-refractivity contribution is 0.347. The van der Waals surface area contributed by atoms with Gasteiger partial charge in [0.25, 0.3) is 5.56 Å². The van der Waals surface area contributed by atoms with Crippen LogP contribution in [0.4, 0.5) is 11.4 Å². The SMILES string of the molecule is CCc1nc2ccc(N)cc2c(=O)n1CC1CCN(c2ccccc2-c2nn[nH]n2)CC1. The standard InChI is InChI=1S/C23H26N8O/c1-2-21-25-19-8-7-16(24)13-18(19)23(32)31(21)14-15-9-11-30(12-10-15)20-6-4-3-5-17(20)22-26-28-29-27-22/h3-8,13,15H,2,9-12,14,24H2,1H3,(H,26,27,28,29). The van der Waals surface area contributed by atoms with E-state index in [1.54, 1.807) is 12.1 Å². The minimum absolute atomic E-state index is 0.00373. The maximum atomic E-state index is 13.2. The van der Waals surface area contributed by atoms with Gasteiger partial charge in [-0.15, -0.1) is 10.2 Å². The first-order chi connectivity index (χ1) is 15.6. The van der Waals surface area contributed by atoms with E-state index in [4.69, 9.17) is 10.7 Å². The third-order valence-electron chi connectivity index (χ3n) is 6.26. The molecule has 1 aliphatic rings. The summed E-state index contributed by atoms with van der Waals surface area (Å²) in [6.45, 7) is 4.53. The Morgan fingerprint density at radius 3 is 2.72 bits per heavy atom. The van der Waals surface area contributed by atoms with Crippen molar-refractivity contribution in [3.8, 4) is 11.4 Å². The minimum atomic E-state index is 0.00373. The number of rotatable bonds is 5. The molecule has 0 radical (unpaired) electrons. The van der Waals surface area contributed by atoms with Crippen LogP contribution in [0.3, 0.4) is 0 Å². The first kappa shape index (κ1) is 20.2. The Balaban J connectivity index is 1.36. The van der Waals surface area contributed by atoms with Crippen molar-refractivity contribution < 1.29 is 0 Å². The zero-order valence-corrected chi connectivity index (χ0v) is 18.0. The molecule has 0 atom stereocenters. The second-order valence-corrected chi connectivity index (χ2v) is 8.26. The van der Waals surface area contributed by atoms with Crippen molar-refractivity contribution in [3.63, 3.8) is 0 Å². The van der Waals surface area contributed by atoms with Gasteiger partial charge < -0.3 is 10.6 Å². The summed E-state index contributed by atoms with van der Waals surface area (Å²) < 4.78 is 1.86. The number of hydrogen-bond acceptors (Lipinski definition) is 7. The smallest absolute Gasteiger partial charge is 0.261 e. The Bertz CT molecular complexity index is 1290. The summed E-state index contributed by atoms with van der Waals surface area (Å²) in [5.74, 6) is 1.84. The number of para-hydroxylation sites is 1. The van der Waals surface area contributed by atoms with E-state index in [1.807, 2.05) is 35.8 Å². The number of nitrogens with zero attached hydrogens (tertiary/aromatic N) is 6. The number of anilines is 2. The van der Waals surface area contributed by atoms with Crippen molar-refractivity contribution in [2.45, 2.75) is 32.7 Å². The molecule has 0 saturated carbocycles. The Hall–Kier alpha value is -3.75. The number of piperidine rings is 1. The van der Waals surface area contributed by atoms with Crippen LogP contribution in [0, 0.1) is 5.92 Å². The van der Waals surface area contributed by atoms with Crippen molar-refractivity contribution >= 4 is 22.3 Å². The molecule has 9 heteroatoms. The van der Waals surface area contributed by atoms with Crippen LogP contribution in [0.1, 0.15) is 25.6 Å². The van der Waals surface area contributed by atoms with Gasteiger partial charge in [0.15, 0.2) is 0 Å². The van der Waals surface area contributed by atoms with E-state index in [9.17, 15) is 4.79 Å². The van der Waals surface area contributed by atoms with Crippen LogP contribution in [0.2, 0.25) is 0 Å². The Labute approximate surface area is 185 Å². The van der Waals surface area contributed by atoms with Gasteiger partial charge in [-0.3, -0.25) is 9.36 Å². The fraction of sp³-hybridized carbons (Fsp3) is 0.348. The molecular formula is C23H26N8O. The molecule has 0 spiro atoms. The number of aromatic amines is 1. The summed E-state index contributed by atoms with van der Waals surface area (Å²) >= 11 is 0. The number of tetrazole rings is 1. The summed E-state index contributed by atoms with van der Waals surface area (Å²) in [5.41, 5.74) is 9.31. The highest BCUT2D eigenvalue weighted by Crippen LogP contribution is 2.31. The highest BCUT2D eigenvalue weighted by Gasteiger charge is 2.24. The molecule has 2 aromatic carbocycles. The molecule has 4 aromatic rings. The normalized spacial score (nSPS) is 14.8. The molecular weight excluding hydrogens is 404 g/mol. The van der Waals surface area contributed by atoms with E-state index < -0.39 is 0 Å². The summed E-state index contributed by atoms with van der Waals surface area (Å²) in [4.78, 5) is 20.3. The van der Waals surface area contributed by atoms with Crippen molar-refractivity contribution in [1.82, 2.24) is 30.2 Å². The Morgan fingerprint density at radius 2 is 1.97 bits per heavy atom. The highest BCUT2D eigenvalue weighted by atomic mass is 16.1. The van der Waals surface area contributed by atoms with Crippen LogP contribution in [0.5, 0.6) is 0 Å². The average molecular weight is 431 g/mol. The molecule has 0 bridgehead atoms. The van der Waals surface area contributed by atoms with E-state index in [1.165, 1.54) is 0 Å². The van der Waals surface area contributed by atoms with E-state index in [0.717, 1.165) is 43.0 Å². The van der Waals surface area contributed by atoms with Gasteiger partial charge in [0.1, 0.15) is 5.82 Å². The quantitative estimate of drug-likeness (QED) is 0.467. The molecule has 1 saturated heterocycles. The largest absolute Gasteiger partial charge is 0.399 e. The van der Waals surface area contributed by atoms with Crippen LogP contribution >= 0.6 is 0 Å². The summed E-state index contributed by atoms with van der Waals surface area (Å²) in [6.07, 6.45) is 2.70. The zero-order chi connectivity index (χ0) is 22.1. The molecule has 164 valence electrons. The van der Waals surface area contributed by atoms with Gasteiger partial charge in [-0.1, -0.05) is 19.1 Å². The average Bonchev–Trinajstić information content (AvgIpc) is 3.36. The summed E-state index contributed by atoms with van der Waals surface area (Å²) in [5, 5.41) is 15.1. The van der Waals surface area contributed by atoms with E-state index in [-0.39, 0.29) is 5.56 Å². The number of hydrogen-bond donors (Lipinski definition) is 2. The molecule has 1 fully saturated rings. The summed E-state index contributed by atoms with van der Waals surface area (Å²) in [6, 6.07) is 13.5. The van der Waals surface area contributed by atoms with Crippen LogP contribution in [0.25, 0.3) is 22.3 Å². The first-order valence-corrected chi connectivity index (χ1v) is 11.0. The lowest BCUT2D eigenvalue weighted by Crippen LogP contribution is -2.37. The maximum absolute atomic E-state index is 13.2. The van der Waals surface area contributed by atoms with Crippen molar-refractivity contribution in [1.29, 1.82) is 0 Å². The lowest BCUT2D eigenvalue weighted by atomic mass is 9.95. The number of nitrogens with two attached hydrogens (primary N) is 1. The fourth-order valence-corrected chi connectivity index (χ4v) is 4.57. The van der Waals surface area contributed by atoms with E-state index in [0.29, 0.717) is 41.3 Å². The molecule has 3 heterocycles. The number of H-pyrrole nitrogens is 1. The molecule has 2 aromatic heterocycles. The van der Waals surface area contributed by atoms with Gasteiger partial charge >= 0.3 is 0 Å². The number of aryl methyl sites for hydroxylation is 1. The van der Waals surface area contributed by atoms with E-state index in [2.05, 4.69) is 31.6 Å². The monoisotopic (exact) mass is 430 g/mol. The molecule has 1 aliphatic heterocycles. The third kappa shape index (κ3) is 3.70. The second kappa shape index (κ2) is 8.41. The van der Waals surface area contributed by atoms with Gasteiger partial charge in [-0.05, 0) is 54.3 Å².